The number of ether oxygens (including phenoxy) is 4. The Morgan fingerprint density at radius 1 is 0.553 bits per heavy atom. The predicted octanol–water partition coefficient (Wildman–Crippen LogP) is 6.47. The van der Waals surface area contributed by atoms with Crippen LogP contribution >= 0.6 is 0 Å². The Hall–Kier alpha value is -4.91. The molecule has 7 heteroatoms. The third-order valence-corrected chi connectivity index (χ3v) is 5.30. The minimum Gasteiger partial charge on any atom is -0.496 e. The number of hydrogen-bond acceptors (Lipinski definition) is 7. The van der Waals surface area contributed by atoms with Gasteiger partial charge < -0.3 is 18.9 Å². The number of carbonyl (C=O) groups is 3. The van der Waals surface area contributed by atoms with E-state index >= 15 is 0 Å². The molecule has 3 aromatic rings. The Morgan fingerprint density at radius 2 is 1.00 bits per heavy atom. The molecule has 0 N–H and O–H groups in total. The fourth-order valence-electron chi connectivity index (χ4n) is 3.26. The second kappa shape index (κ2) is 11.9. The maximum absolute atomic E-state index is 12.4. The van der Waals surface area contributed by atoms with Gasteiger partial charge in [-0.3, -0.25) is 0 Å². The first-order valence-corrected chi connectivity index (χ1v) is 11.6. The molecule has 0 bridgehead atoms. The quantitative estimate of drug-likeness (QED) is 0.184. The van der Waals surface area contributed by atoms with Gasteiger partial charge in [0, 0.05) is 33.9 Å². The summed E-state index contributed by atoms with van der Waals surface area (Å²) in [5.74, 6) is -0.447. The van der Waals surface area contributed by atoms with Crippen LogP contribution in [-0.4, -0.2) is 25.0 Å². The molecule has 194 valence electrons. The van der Waals surface area contributed by atoms with Crippen molar-refractivity contribution in [3.05, 3.63) is 97.1 Å². The first kappa shape index (κ1) is 27.7. The van der Waals surface area contributed by atoms with Crippen LogP contribution in [0.15, 0.2) is 97.1 Å². The van der Waals surface area contributed by atoms with Crippen LogP contribution in [0.5, 0.6) is 23.0 Å². The fourth-order valence-corrected chi connectivity index (χ4v) is 3.26. The minimum atomic E-state index is -0.627. The van der Waals surface area contributed by atoms with Gasteiger partial charge >= 0.3 is 17.9 Å². The summed E-state index contributed by atoms with van der Waals surface area (Å²) >= 11 is 0. The number of hydrogen-bond donors (Lipinski definition) is 0. The van der Waals surface area contributed by atoms with Crippen LogP contribution in [0.1, 0.15) is 20.8 Å². The summed E-state index contributed by atoms with van der Waals surface area (Å²) in [6.45, 7) is 15.4. The molecule has 0 spiro atoms. The molecule has 0 aliphatic heterocycles. The van der Waals surface area contributed by atoms with Crippen molar-refractivity contribution in [2.45, 2.75) is 20.8 Å². The molecule has 0 aliphatic carbocycles. The smallest absolute Gasteiger partial charge is 0.338 e. The molecule has 38 heavy (non-hydrogen) atoms. The van der Waals surface area contributed by atoms with Crippen molar-refractivity contribution < 1.29 is 33.3 Å². The molecule has 0 heterocycles. The Kier molecular flexibility index (Phi) is 8.65. The molecule has 3 aromatic carbocycles. The molecule has 0 aromatic heterocycles. The van der Waals surface area contributed by atoms with E-state index in [1.165, 1.54) is 27.0 Å². The van der Waals surface area contributed by atoms with Gasteiger partial charge in [-0.1, -0.05) is 37.9 Å². The zero-order chi connectivity index (χ0) is 28.0. The molecule has 0 radical (unpaired) electrons. The standard InChI is InChI=1S/C31H28O7/c1-18(2)29(32)36-23-11-8-21(9-12-23)22-10-14-25(27(16-22)35-7)26-15-13-24(37-30(33)19(3)4)17-28(26)38-31(34)20(5)6/h8-17H,1,3,5H2,2,4,6-7H3. The predicted molar refractivity (Wildman–Crippen MR) is 145 cm³/mol. The molecule has 0 saturated carbocycles. The highest BCUT2D eigenvalue weighted by atomic mass is 16.5. The van der Waals surface area contributed by atoms with Gasteiger partial charge in [-0.25, -0.2) is 14.4 Å². The van der Waals surface area contributed by atoms with E-state index in [0.717, 1.165) is 11.1 Å². The fraction of sp³-hybridized carbons (Fsp3) is 0.129. The van der Waals surface area contributed by atoms with Crippen LogP contribution in [0.25, 0.3) is 22.3 Å². The topological polar surface area (TPSA) is 88.1 Å². The molecular weight excluding hydrogens is 484 g/mol. The van der Waals surface area contributed by atoms with Crippen molar-refractivity contribution in [1.82, 2.24) is 0 Å². The molecule has 0 unspecified atom stereocenters. The molecule has 0 aliphatic rings. The zero-order valence-corrected chi connectivity index (χ0v) is 21.8. The van der Waals surface area contributed by atoms with Gasteiger partial charge in [0.2, 0.25) is 0 Å². The lowest BCUT2D eigenvalue weighted by Crippen LogP contribution is -2.11. The highest BCUT2D eigenvalue weighted by molar-refractivity contribution is 5.92. The van der Waals surface area contributed by atoms with E-state index in [0.29, 0.717) is 28.2 Å². The van der Waals surface area contributed by atoms with Crippen LogP contribution < -0.4 is 18.9 Å². The molecular formula is C31H28O7. The highest BCUT2D eigenvalue weighted by Crippen LogP contribution is 2.41. The maximum atomic E-state index is 12.4. The zero-order valence-electron chi connectivity index (χ0n) is 21.8. The first-order chi connectivity index (χ1) is 18.0. The normalized spacial score (nSPS) is 10.2. The van der Waals surface area contributed by atoms with Crippen molar-refractivity contribution in [3.8, 4) is 45.3 Å². The Bertz CT molecular complexity index is 1450. The van der Waals surface area contributed by atoms with Gasteiger partial charge in [0.25, 0.3) is 0 Å². The lowest BCUT2D eigenvalue weighted by molar-refractivity contribution is -0.131. The summed E-state index contributed by atoms with van der Waals surface area (Å²) in [7, 11) is 1.53. The lowest BCUT2D eigenvalue weighted by Gasteiger charge is -2.16. The Labute approximate surface area is 221 Å². The van der Waals surface area contributed by atoms with Gasteiger partial charge in [0.1, 0.15) is 23.0 Å². The summed E-state index contributed by atoms with van der Waals surface area (Å²) in [5.41, 5.74) is 3.64. The second-order valence-corrected chi connectivity index (χ2v) is 8.61. The molecule has 3 rings (SSSR count). The third-order valence-electron chi connectivity index (χ3n) is 5.30. The van der Waals surface area contributed by atoms with Crippen LogP contribution in [-0.2, 0) is 14.4 Å². The second-order valence-electron chi connectivity index (χ2n) is 8.61. The van der Waals surface area contributed by atoms with Crippen LogP contribution in [0.2, 0.25) is 0 Å². The van der Waals surface area contributed by atoms with E-state index in [9.17, 15) is 14.4 Å². The minimum absolute atomic E-state index is 0.166. The number of carbonyl (C=O) groups excluding carboxylic acids is 3. The first-order valence-electron chi connectivity index (χ1n) is 11.6. The van der Waals surface area contributed by atoms with Crippen LogP contribution in [0.3, 0.4) is 0 Å². The third kappa shape index (κ3) is 6.64. The molecule has 0 saturated heterocycles. The van der Waals surface area contributed by atoms with Crippen molar-refractivity contribution in [3.63, 3.8) is 0 Å². The van der Waals surface area contributed by atoms with Crippen molar-refractivity contribution in [1.29, 1.82) is 0 Å². The van der Waals surface area contributed by atoms with E-state index in [1.807, 2.05) is 30.3 Å². The molecule has 7 nitrogen and oxygen atoms in total. The average molecular weight is 513 g/mol. The van der Waals surface area contributed by atoms with Crippen molar-refractivity contribution in [2.75, 3.05) is 7.11 Å². The van der Waals surface area contributed by atoms with Gasteiger partial charge in [0.05, 0.1) is 7.11 Å². The largest absolute Gasteiger partial charge is 0.496 e. The van der Waals surface area contributed by atoms with E-state index in [1.54, 1.807) is 31.2 Å². The van der Waals surface area contributed by atoms with E-state index in [4.69, 9.17) is 18.9 Å². The summed E-state index contributed by atoms with van der Waals surface area (Å²) in [4.78, 5) is 36.1. The van der Waals surface area contributed by atoms with Gasteiger partial charge in [-0.05, 0) is 68.3 Å². The van der Waals surface area contributed by atoms with Gasteiger partial charge in [-0.15, -0.1) is 0 Å². The average Bonchev–Trinajstić information content (AvgIpc) is 2.88. The van der Waals surface area contributed by atoms with Gasteiger partial charge in [-0.2, -0.15) is 0 Å². The molecule has 0 fully saturated rings. The molecule has 0 amide bonds. The number of esters is 3. The Balaban J connectivity index is 2.00. The summed E-state index contributed by atoms with van der Waals surface area (Å²) in [6.07, 6.45) is 0. The lowest BCUT2D eigenvalue weighted by atomic mass is 9.98. The van der Waals surface area contributed by atoms with Crippen LogP contribution in [0, 0.1) is 0 Å². The maximum Gasteiger partial charge on any atom is 0.338 e. The van der Waals surface area contributed by atoms with E-state index in [-0.39, 0.29) is 22.6 Å². The summed E-state index contributed by atoms with van der Waals surface area (Å²) < 4.78 is 21.8. The van der Waals surface area contributed by atoms with Gasteiger partial charge in [0.15, 0.2) is 0 Å². The highest BCUT2D eigenvalue weighted by Gasteiger charge is 2.18. The van der Waals surface area contributed by atoms with Crippen LogP contribution in [0.4, 0.5) is 0 Å². The summed E-state index contributed by atoms with van der Waals surface area (Å²) in [5, 5.41) is 0. The van der Waals surface area contributed by atoms with E-state index in [2.05, 4.69) is 19.7 Å². The number of methoxy groups -OCH3 is 1. The number of rotatable bonds is 9. The molecule has 0 atom stereocenters. The monoisotopic (exact) mass is 512 g/mol. The van der Waals surface area contributed by atoms with Crippen molar-refractivity contribution in [2.24, 2.45) is 0 Å². The Morgan fingerprint density at radius 3 is 1.55 bits per heavy atom. The van der Waals surface area contributed by atoms with E-state index < -0.39 is 17.9 Å². The summed E-state index contributed by atoms with van der Waals surface area (Å²) in [6, 6.07) is 17.3. The SMILES string of the molecule is C=C(C)C(=O)Oc1ccc(-c2ccc(-c3ccc(OC(=O)C(=C)C)cc3OC(=O)C(=C)C)c(OC)c2)cc1. The number of benzene rings is 3. The van der Waals surface area contributed by atoms with Crippen molar-refractivity contribution >= 4 is 17.9 Å².